The number of anilines is 1. The standard InChI is InChI=1S/C18H16BrFN2O2S/c1-2-14(19)17(23)22-18-21-15-8-7-13(9-16(15)25-18)24-10-11-3-5-12(20)6-4-11/h3-9,14H,2,10H2,1H3,(H,21,22,23). The summed E-state index contributed by atoms with van der Waals surface area (Å²) in [5, 5.41) is 3.37. The zero-order valence-electron chi connectivity index (χ0n) is 13.5. The van der Waals surface area contributed by atoms with E-state index >= 15 is 0 Å². The van der Waals surface area contributed by atoms with Crippen LogP contribution in [-0.2, 0) is 11.4 Å². The number of nitrogens with zero attached hydrogens (tertiary/aromatic N) is 1. The second kappa shape index (κ2) is 7.93. The van der Waals surface area contributed by atoms with E-state index in [2.05, 4.69) is 26.2 Å². The zero-order chi connectivity index (χ0) is 17.8. The minimum Gasteiger partial charge on any atom is -0.489 e. The molecule has 0 radical (unpaired) electrons. The summed E-state index contributed by atoms with van der Waals surface area (Å²) in [4.78, 5) is 16.1. The molecule has 1 atom stereocenters. The van der Waals surface area contributed by atoms with Crippen LogP contribution in [0.5, 0.6) is 5.75 Å². The molecule has 25 heavy (non-hydrogen) atoms. The van der Waals surface area contributed by atoms with Crippen molar-refractivity contribution in [1.82, 2.24) is 4.98 Å². The van der Waals surface area contributed by atoms with Gasteiger partial charge in [-0.2, -0.15) is 0 Å². The predicted molar refractivity (Wildman–Crippen MR) is 102 cm³/mol. The molecule has 1 heterocycles. The largest absolute Gasteiger partial charge is 0.489 e. The lowest BCUT2D eigenvalue weighted by molar-refractivity contribution is -0.115. The second-order valence-corrected chi connectivity index (χ2v) is 7.56. The number of amides is 1. The number of carbonyl (C=O) groups excluding carboxylic acids is 1. The van der Waals surface area contributed by atoms with Gasteiger partial charge in [-0.05, 0) is 42.3 Å². The smallest absolute Gasteiger partial charge is 0.239 e. The van der Waals surface area contributed by atoms with E-state index in [0.29, 0.717) is 23.9 Å². The topological polar surface area (TPSA) is 51.2 Å². The monoisotopic (exact) mass is 422 g/mol. The summed E-state index contributed by atoms with van der Waals surface area (Å²) < 4.78 is 19.6. The maximum atomic E-state index is 12.9. The summed E-state index contributed by atoms with van der Waals surface area (Å²) in [7, 11) is 0. The number of halogens is 2. The Hall–Kier alpha value is -1.99. The maximum Gasteiger partial charge on any atom is 0.239 e. The Kier molecular flexibility index (Phi) is 5.65. The van der Waals surface area contributed by atoms with Crippen molar-refractivity contribution in [1.29, 1.82) is 0 Å². The van der Waals surface area contributed by atoms with Crippen molar-refractivity contribution in [2.24, 2.45) is 0 Å². The highest BCUT2D eigenvalue weighted by atomic mass is 79.9. The van der Waals surface area contributed by atoms with Gasteiger partial charge in [-0.15, -0.1) is 0 Å². The van der Waals surface area contributed by atoms with Gasteiger partial charge in [-0.3, -0.25) is 4.79 Å². The molecule has 0 fully saturated rings. The highest BCUT2D eigenvalue weighted by Gasteiger charge is 2.14. The van der Waals surface area contributed by atoms with Crippen LogP contribution in [0.3, 0.4) is 0 Å². The molecule has 7 heteroatoms. The fourth-order valence-electron chi connectivity index (χ4n) is 2.16. The molecular formula is C18H16BrFN2O2S. The first kappa shape index (κ1) is 17.8. The van der Waals surface area contributed by atoms with Crippen LogP contribution in [0.2, 0.25) is 0 Å². The molecule has 0 aliphatic heterocycles. The van der Waals surface area contributed by atoms with E-state index in [1.165, 1.54) is 23.5 Å². The van der Waals surface area contributed by atoms with E-state index in [0.717, 1.165) is 15.8 Å². The number of ether oxygens (including phenoxy) is 1. The summed E-state index contributed by atoms with van der Waals surface area (Å²) >= 11 is 4.72. The van der Waals surface area contributed by atoms with Gasteiger partial charge in [-0.25, -0.2) is 9.37 Å². The van der Waals surface area contributed by atoms with E-state index in [9.17, 15) is 9.18 Å². The molecule has 1 amide bonds. The number of carbonyl (C=O) groups is 1. The van der Waals surface area contributed by atoms with E-state index in [1.807, 2.05) is 25.1 Å². The zero-order valence-corrected chi connectivity index (χ0v) is 15.9. The molecule has 1 unspecified atom stereocenters. The van der Waals surface area contributed by atoms with Gasteiger partial charge in [0.25, 0.3) is 0 Å². The third-order valence-corrected chi connectivity index (χ3v) is 5.55. The molecule has 0 aliphatic rings. The molecular weight excluding hydrogens is 407 g/mol. The number of hydrogen-bond acceptors (Lipinski definition) is 4. The summed E-state index contributed by atoms with van der Waals surface area (Å²) in [6.45, 7) is 2.29. The van der Waals surface area contributed by atoms with Crippen LogP contribution in [0, 0.1) is 5.82 Å². The second-order valence-electron chi connectivity index (χ2n) is 5.43. The van der Waals surface area contributed by atoms with Crippen LogP contribution >= 0.6 is 27.3 Å². The average Bonchev–Trinajstić information content (AvgIpc) is 3.01. The fourth-order valence-corrected chi connectivity index (χ4v) is 3.18. The fraction of sp³-hybridized carbons (Fsp3) is 0.222. The van der Waals surface area contributed by atoms with Gasteiger partial charge in [0, 0.05) is 0 Å². The van der Waals surface area contributed by atoms with Crippen molar-refractivity contribution in [3.05, 3.63) is 53.8 Å². The Morgan fingerprint density at radius 1 is 1.32 bits per heavy atom. The highest BCUT2D eigenvalue weighted by Crippen LogP contribution is 2.30. The van der Waals surface area contributed by atoms with Crippen LogP contribution in [0.1, 0.15) is 18.9 Å². The van der Waals surface area contributed by atoms with Crippen molar-refractivity contribution in [3.8, 4) is 5.75 Å². The third-order valence-electron chi connectivity index (χ3n) is 3.55. The lowest BCUT2D eigenvalue weighted by atomic mass is 10.2. The van der Waals surface area contributed by atoms with Crippen molar-refractivity contribution in [2.45, 2.75) is 24.8 Å². The Morgan fingerprint density at radius 3 is 2.80 bits per heavy atom. The first-order chi connectivity index (χ1) is 12.0. The highest BCUT2D eigenvalue weighted by molar-refractivity contribution is 9.10. The lowest BCUT2D eigenvalue weighted by Gasteiger charge is -2.06. The lowest BCUT2D eigenvalue weighted by Crippen LogP contribution is -2.21. The quantitative estimate of drug-likeness (QED) is 0.560. The van der Waals surface area contributed by atoms with Gasteiger partial charge in [0.05, 0.1) is 15.0 Å². The third kappa shape index (κ3) is 4.55. The summed E-state index contributed by atoms with van der Waals surface area (Å²) in [6, 6.07) is 11.8. The van der Waals surface area contributed by atoms with Gasteiger partial charge < -0.3 is 10.1 Å². The summed E-state index contributed by atoms with van der Waals surface area (Å²) in [6.07, 6.45) is 0.706. The number of hydrogen-bond donors (Lipinski definition) is 1. The first-order valence-electron chi connectivity index (χ1n) is 7.78. The maximum absolute atomic E-state index is 12.9. The molecule has 0 saturated heterocycles. The van der Waals surface area contributed by atoms with Gasteiger partial charge in [0.1, 0.15) is 18.2 Å². The minimum absolute atomic E-state index is 0.102. The van der Waals surface area contributed by atoms with Gasteiger partial charge >= 0.3 is 0 Å². The summed E-state index contributed by atoms with van der Waals surface area (Å²) in [5.74, 6) is 0.331. The van der Waals surface area contributed by atoms with E-state index in [-0.39, 0.29) is 16.6 Å². The number of thiazole rings is 1. The van der Waals surface area contributed by atoms with Crippen LogP contribution in [0.15, 0.2) is 42.5 Å². The SMILES string of the molecule is CCC(Br)C(=O)Nc1nc2ccc(OCc3ccc(F)cc3)cc2s1. The molecule has 0 bridgehead atoms. The molecule has 2 aromatic carbocycles. The van der Waals surface area contributed by atoms with E-state index in [4.69, 9.17) is 4.74 Å². The Bertz CT molecular complexity index is 882. The number of fused-ring (bicyclic) bond motifs is 1. The molecule has 4 nitrogen and oxygen atoms in total. The van der Waals surface area contributed by atoms with Gasteiger partial charge in [0.15, 0.2) is 5.13 Å². The van der Waals surface area contributed by atoms with Gasteiger partial charge in [0.2, 0.25) is 5.91 Å². The van der Waals surface area contributed by atoms with Crippen molar-refractivity contribution in [3.63, 3.8) is 0 Å². The molecule has 1 N–H and O–H groups in total. The number of nitrogens with one attached hydrogen (secondary N) is 1. The first-order valence-corrected chi connectivity index (χ1v) is 9.51. The molecule has 0 saturated carbocycles. The van der Waals surface area contributed by atoms with Crippen molar-refractivity contribution < 1.29 is 13.9 Å². The van der Waals surface area contributed by atoms with Crippen LogP contribution < -0.4 is 10.1 Å². The number of alkyl halides is 1. The minimum atomic E-state index is -0.266. The van der Waals surface area contributed by atoms with Crippen LogP contribution in [-0.4, -0.2) is 15.7 Å². The molecule has 130 valence electrons. The Labute approximate surface area is 157 Å². The summed E-state index contributed by atoms with van der Waals surface area (Å²) in [5.41, 5.74) is 1.69. The number of benzene rings is 2. The molecule has 0 spiro atoms. The number of rotatable bonds is 6. The Morgan fingerprint density at radius 2 is 2.08 bits per heavy atom. The number of aromatic nitrogens is 1. The van der Waals surface area contributed by atoms with Crippen LogP contribution in [0.25, 0.3) is 10.2 Å². The van der Waals surface area contributed by atoms with Crippen molar-refractivity contribution in [2.75, 3.05) is 5.32 Å². The Balaban J connectivity index is 1.69. The van der Waals surface area contributed by atoms with Gasteiger partial charge in [-0.1, -0.05) is 46.3 Å². The molecule has 0 aliphatic carbocycles. The molecule has 3 rings (SSSR count). The normalized spacial score (nSPS) is 12.1. The molecule has 3 aromatic rings. The van der Waals surface area contributed by atoms with Crippen LogP contribution in [0.4, 0.5) is 9.52 Å². The van der Waals surface area contributed by atoms with Crippen molar-refractivity contribution >= 4 is 48.5 Å². The van der Waals surface area contributed by atoms with E-state index in [1.54, 1.807) is 12.1 Å². The predicted octanol–water partition coefficient (Wildman–Crippen LogP) is 5.13. The molecule has 1 aromatic heterocycles. The van der Waals surface area contributed by atoms with E-state index < -0.39 is 0 Å². The average molecular weight is 423 g/mol.